The Labute approximate surface area is 268 Å². The number of carbonyl (C=O) groups is 2. The maximum absolute atomic E-state index is 14.0. The SMILES string of the molecule is CCc1sc2nc(SCC(=O)Nc3sc4c(c3C(=O)c3ccc(C)cc3)CCCC4)n(-c3cccc(OC)c3)c(=O)c2c1C. The topological polar surface area (TPSA) is 90.3 Å². The minimum Gasteiger partial charge on any atom is -0.497 e. The van der Waals surface area contributed by atoms with Crippen LogP contribution in [-0.4, -0.2) is 34.1 Å². The normalized spacial score (nSPS) is 12.7. The zero-order chi connectivity index (χ0) is 31.0. The van der Waals surface area contributed by atoms with Crippen molar-refractivity contribution in [3.8, 4) is 11.4 Å². The predicted octanol–water partition coefficient (Wildman–Crippen LogP) is 7.54. The fraction of sp³-hybridized carbons (Fsp3) is 0.294. The lowest BCUT2D eigenvalue weighted by atomic mass is 9.91. The van der Waals surface area contributed by atoms with Crippen LogP contribution in [0.2, 0.25) is 0 Å². The molecule has 7 nitrogen and oxygen atoms in total. The summed E-state index contributed by atoms with van der Waals surface area (Å²) in [5.74, 6) is 0.320. The first-order valence-electron chi connectivity index (χ1n) is 14.7. The number of aromatic nitrogens is 2. The summed E-state index contributed by atoms with van der Waals surface area (Å²) in [7, 11) is 1.58. The smallest absolute Gasteiger partial charge is 0.267 e. The number of nitrogens with zero attached hydrogens (tertiary/aromatic N) is 2. The molecule has 6 rings (SSSR count). The van der Waals surface area contributed by atoms with Crippen LogP contribution in [0.15, 0.2) is 58.5 Å². The Kier molecular flexibility index (Phi) is 8.75. The van der Waals surface area contributed by atoms with E-state index in [-0.39, 0.29) is 23.0 Å². The molecule has 1 N–H and O–H groups in total. The third kappa shape index (κ3) is 5.74. The Morgan fingerprint density at radius 2 is 1.84 bits per heavy atom. The zero-order valence-electron chi connectivity index (χ0n) is 25.1. The molecular weight excluding hydrogens is 611 g/mol. The minimum atomic E-state index is -0.255. The van der Waals surface area contributed by atoms with Crippen LogP contribution in [0.4, 0.5) is 5.00 Å². The largest absolute Gasteiger partial charge is 0.497 e. The average Bonchev–Trinajstić information content (AvgIpc) is 3.56. The average molecular weight is 644 g/mol. The van der Waals surface area contributed by atoms with E-state index < -0.39 is 0 Å². The molecule has 1 aliphatic rings. The zero-order valence-corrected chi connectivity index (χ0v) is 27.6. The molecule has 0 saturated carbocycles. The Hall–Kier alpha value is -3.73. The number of ether oxygens (including phenoxy) is 1. The second kappa shape index (κ2) is 12.7. The van der Waals surface area contributed by atoms with Crippen molar-refractivity contribution in [2.45, 2.75) is 58.0 Å². The summed E-state index contributed by atoms with van der Waals surface area (Å²) in [5.41, 5.74) is 4.77. The van der Waals surface area contributed by atoms with Gasteiger partial charge in [0.15, 0.2) is 10.9 Å². The summed E-state index contributed by atoms with van der Waals surface area (Å²) >= 11 is 4.24. The Balaban J connectivity index is 1.33. The lowest BCUT2D eigenvalue weighted by Crippen LogP contribution is -2.23. The molecular formula is C34H33N3O4S3. The van der Waals surface area contributed by atoms with E-state index in [0.717, 1.165) is 53.7 Å². The van der Waals surface area contributed by atoms with E-state index in [0.29, 0.717) is 42.9 Å². The summed E-state index contributed by atoms with van der Waals surface area (Å²) in [5, 5.41) is 4.69. The number of nitrogens with one attached hydrogen (secondary N) is 1. The van der Waals surface area contributed by atoms with Gasteiger partial charge in [0.1, 0.15) is 15.6 Å². The molecule has 3 aromatic heterocycles. The lowest BCUT2D eigenvalue weighted by molar-refractivity contribution is -0.113. The summed E-state index contributed by atoms with van der Waals surface area (Å²) in [4.78, 5) is 49.0. The number of methoxy groups -OCH3 is 1. The van der Waals surface area contributed by atoms with Crippen molar-refractivity contribution in [2.75, 3.05) is 18.2 Å². The molecule has 0 aliphatic heterocycles. The number of hydrogen-bond acceptors (Lipinski definition) is 8. The molecule has 0 atom stereocenters. The lowest BCUT2D eigenvalue weighted by Gasteiger charge is -2.14. The van der Waals surface area contributed by atoms with Gasteiger partial charge in [-0.15, -0.1) is 22.7 Å². The van der Waals surface area contributed by atoms with Crippen LogP contribution in [0.3, 0.4) is 0 Å². The molecule has 1 amide bonds. The van der Waals surface area contributed by atoms with Gasteiger partial charge in [-0.2, -0.15) is 0 Å². The quantitative estimate of drug-likeness (QED) is 0.101. The van der Waals surface area contributed by atoms with E-state index >= 15 is 0 Å². The Morgan fingerprint density at radius 3 is 2.59 bits per heavy atom. The van der Waals surface area contributed by atoms with E-state index in [4.69, 9.17) is 9.72 Å². The number of ketones is 1. The van der Waals surface area contributed by atoms with Gasteiger partial charge in [0.25, 0.3) is 5.56 Å². The van der Waals surface area contributed by atoms with Crippen LogP contribution in [0.1, 0.15) is 62.1 Å². The van der Waals surface area contributed by atoms with Gasteiger partial charge >= 0.3 is 0 Å². The van der Waals surface area contributed by atoms with Crippen LogP contribution < -0.4 is 15.6 Å². The molecule has 0 radical (unpaired) electrons. The third-order valence-electron chi connectivity index (χ3n) is 7.96. The maximum atomic E-state index is 14.0. The van der Waals surface area contributed by atoms with Crippen LogP contribution in [0, 0.1) is 13.8 Å². The van der Waals surface area contributed by atoms with Crippen molar-refractivity contribution in [1.29, 1.82) is 0 Å². The van der Waals surface area contributed by atoms with Crippen molar-refractivity contribution in [1.82, 2.24) is 9.55 Å². The number of hydrogen-bond donors (Lipinski definition) is 1. The summed E-state index contributed by atoms with van der Waals surface area (Å²) in [6, 6.07) is 14.8. The highest BCUT2D eigenvalue weighted by Gasteiger charge is 2.27. The highest BCUT2D eigenvalue weighted by atomic mass is 32.2. The monoisotopic (exact) mass is 643 g/mol. The van der Waals surface area contributed by atoms with E-state index in [2.05, 4.69) is 12.2 Å². The molecule has 0 bridgehead atoms. The molecule has 226 valence electrons. The molecule has 1 aliphatic carbocycles. The first-order valence-corrected chi connectivity index (χ1v) is 17.3. The molecule has 2 aromatic carbocycles. The second-order valence-corrected chi connectivity index (χ2v) is 14.0. The maximum Gasteiger partial charge on any atom is 0.267 e. The third-order valence-corrected chi connectivity index (χ3v) is 11.4. The highest BCUT2D eigenvalue weighted by Crippen LogP contribution is 2.40. The highest BCUT2D eigenvalue weighted by molar-refractivity contribution is 7.99. The second-order valence-electron chi connectivity index (χ2n) is 10.9. The van der Waals surface area contributed by atoms with E-state index in [1.165, 1.54) is 39.3 Å². The summed E-state index contributed by atoms with van der Waals surface area (Å²) < 4.78 is 6.99. The number of thiophene rings is 2. The van der Waals surface area contributed by atoms with Crippen molar-refractivity contribution < 1.29 is 14.3 Å². The number of amides is 1. The molecule has 0 saturated heterocycles. The molecule has 3 heterocycles. The van der Waals surface area contributed by atoms with Gasteiger partial charge in [0.05, 0.1) is 29.5 Å². The minimum absolute atomic E-state index is 0.0215. The van der Waals surface area contributed by atoms with Gasteiger partial charge in [0.2, 0.25) is 5.91 Å². The number of benzene rings is 2. The fourth-order valence-corrected chi connectivity index (χ4v) is 8.93. The van der Waals surface area contributed by atoms with Gasteiger partial charge in [-0.25, -0.2) is 4.98 Å². The number of rotatable bonds is 9. The number of aryl methyl sites for hydroxylation is 4. The number of anilines is 1. The van der Waals surface area contributed by atoms with Gasteiger partial charge < -0.3 is 10.1 Å². The molecule has 10 heteroatoms. The molecule has 44 heavy (non-hydrogen) atoms. The van der Waals surface area contributed by atoms with Gasteiger partial charge in [-0.3, -0.25) is 19.0 Å². The van der Waals surface area contributed by atoms with Crippen molar-refractivity contribution >= 4 is 61.3 Å². The van der Waals surface area contributed by atoms with E-state index in [1.54, 1.807) is 17.7 Å². The summed E-state index contributed by atoms with van der Waals surface area (Å²) in [6.45, 7) is 6.03. The summed E-state index contributed by atoms with van der Waals surface area (Å²) in [6.07, 6.45) is 4.66. The first-order chi connectivity index (χ1) is 21.3. The number of fused-ring (bicyclic) bond motifs is 2. The van der Waals surface area contributed by atoms with E-state index in [9.17, 15) is 14.4 Å². The Morgan fingerprint density at radius 1 is 1.07 bits per heavy atom. The Bertz CT molecular complexity index is 1950. The van der Waals surface area contributed by atoms with Gasteiger partial charge in [-0.1, -0.05) is 54.6 Å². The molecule has 0 unspecified atom stereocenters. The van der Waals surface area contributed by atoms with Crippen molar-refractivity contribution in [3.05, 3.63) is 96.5 Å². The van der Waals surface area contributed by atoms with Crippen LogP contribution in [-0.2, 0) is 24.1 Å². The van der Waals surface area contributed by atoms with E-state index in [1.807, 2.05) is 56.3 Å². The van der Waals surface area contributed by atoms with Crippen LogP contribution >= 0.6 is 34.4 Å². The number of carbonyl (C=O) groups excluding carboxylic acids is 2. The fourth-order valence-electron chi connectivity index (χ4n) is 5.66. The molecule has 5 aromatic rings. The van der Waals surface area contributed by atoms with Crippen LogP contribution in [0.25, 0.3) is 15.9 Å². The van der Waals surface area contributed by atoms with Crippen molar-refractivity contribution in [2.24, 2.45) is 0 Å². The van der Waals surface area contributed by atoms with Gasteiger partial charge in [-0.05, 0) is 69.2 Å². The molecule has 0 fully saturated rings. The van der Waals surface area contributed by atoms with Gasteiger partial charge in [0, 0.05) is 21.4 Å². The van der Waals surface area contributed by atoms with Crippen LogP contribution in [0.5, 0.6) is 5.75 Å². The standard InChI is InChI=1S/C34H33N3O4S3/c1-5-25-20(3)28-31(43-25)36-34(37(33(28)40)22-9-8-10-23(17-22)41-4)42-18-27(38)35-32-29(24-11-6-7-12-26(24)44-32)30(39)21-15-13-19(2)14-16-21/h8-10,13-17H,5-7,11-12,18H2,1-4H3,(H,35,38). The first kappa shape index (κ1) is 30.3. The molecule has 0 spiro atoms. The predicted molar refractivity (Wildman–Crippen MR) is 181 cm³/mol. The van der Waals surface area contributed by atoms with Crippen molar-refractivity contribution in [3.63, 3.8) is 0 Å². The number of thioether (sulfide) groups is 1.